The van der Waals surface area contributed by atoms with Crippen LogP contribution in [-0.2, 0) is 9.84 Å². The zero-order chi connectivity index (χ0) is 33.4. The lowest BCUT2D eigenvalue weighted by molar-refractivity contribution is 0.191. The summed E-state index contributed by atoms with van der Waals surface area (Å²) in [5.74, 6) is 1.67. The van der Waals surface area contributed by atoms with Gasteiger partial charge in [0.05, 0.1) is 52.1 Å². The number of ether oxygens (including phenoxy) is 1. The molecule has 2 aromatic carbocycles. The molecule has 0 spiro atoms. The molecule has 1 aliphatic heterocycles. The number of piperidine rings is 1. The predicted octanol–water partition coefficient (Wildman–Crippen LogP) is -0.832. The molecule has 1 saturated heterocycles. The van der Waals surface area contributed by atoms with Gasteiger partial charge in [0, 0.05) is 10.0 Å². The van der Waals surface area contributed by atoms with Crippen molar-refractivity contribution < 1.29 is 18.3 Å². The molecule has 0 saturated carbocycles. The normalized spacial score (nSPS) is 16.2. The van der Waals surface area contributed by atoms with Crippen LogP contribution in [0.4, 0.5) is 23.1 Å². The molecule has 1 unspecified atom stereocenters. The minimum atomic E-state index is -4.11. The Bertz CT molecular complexity index is 1630. The molecule has 17 heteroatoms. The van der Waals surface area contributed by atoms with Crippen LogP contribution in [0.5, 0.6) is 5.75 Å². The number of nitrogens with zero attached hydrogens (tertiary/aromatic N) is 2. The average molecular weight is 645 g/mol. The number of aromatic nitrogens is 2. The number of benzene rings is 2. The molecule has 9 nitrogen and oxygen atoms in total. The van der Waals surface area contributed by atoms with Gasteiger partial charge in [-0.3, -0.25) is 0 Å². The van der Waals surface area contributed by atoms with Crippen LogP contribution in [0.15, 0.2) is 47.5 Å². The molecule has 0 aliphatic carbocycles. The van der Waals surface area contributed by atoms with Gasteiger partial charge in [0.25, 0.3) is 0 Å². The number of halogens is 1. The van der Waals surface area contributed by atoms with Crippen molar-refractivity contribution >= 4 is 91.7 Å². The van der Waals surface area contributed by atoms with Crippen LogP contribution in [-0.4, -0.2) is 99.8 Å². The number of hydrogen-bond acceptors (Lipinski definition) is 9. The highest BCUT2D eigenvalue weighted by Crippen LogP contribution is 2.45. The summed E-state index contributed by atoms with van der Waals surface area (Å²) in [6.45, 7) is 8.08. The van der Waals surface area contributed by atoms with E-state index in [0.717, 1.165) is 37.2 Å². The van der Waals surface area contributed by atoms with Crippen LogP contribution in [0.25, 0.3) is 0 Å². The molecule has 234 valence electrons. The van der Waals surface area contributed by atoms with Crippen LogP contribution in [0.2, 0.25) is 10.1 Å². The number of aliphatic hydroxyl groups is 1. The Balaban J connectivity index is 1.72. The zero-order valence-corrected chi connectivity index (χ0v) is 29.4. The number of para-hydroxylation sites is 1. The van der Waals surface area contributed by atoms with E-state index in [1.165, 1.54) is 33.5 Å². The van der Waals surface area contributed by atoms with Gasteiger partial charge < -0.3 is 25.8 Å². The zero-order valence-electron chi connectivity index (χ0n) is 27.9. The molecule has 0 radical (unpaired) electrons. The lowest BCUT2D eigenvalue weighted by atomic mass is 9.27. The quantitative estimate of drug-likeness (QED) is 0.198. The van der Waals surface area contributed by atoms with E-state index >= 15 is 0 Å². The van der Waals surface area contributed by atoms with E-state index in [1.807, 2.05) is 37.4 Å². The fraction of sp³-hybridized carbons (Fsp3) is 0.429. The first-order chi connectivity index (χ1) is 20.9. The third-order valence-electron chi connectivity index (χ3n) is 9.07. The summed E-state index contributed by atoms with van der Waals surface area (Å²) in [5.41, 5.74) is 3.44. The number of rotatable bonds is 11. The van der Waals surface area contributed by atoms with Crippen molar-refractivity contribution in [1.29, 1.82) is 0 Å². The molecule has 45 heavy (non-hydrogen) atoms. The van der Waals surface area contributed by atoms with E-state index < -0.39 is 25.0 Å². The van der Waals surface area contributed by atoms with Gasteiger partial charge in [-0.2, -0.15) is 4.98 Å². The summed E-state index contributed by atoms with van der Waals surface area (Å²) in [4.78, 5) is 9.07. The topological polar surface area (TPSA) is 125 Å². The molecule has 0 amide bonds. The van der Waals surface area contributed by atoms with E-state index in [1.54, 1.807) is 26.0 Å². The van der Waals surface area contributed by atoms with Crippen molar-refractivity contribution in [3.05, 3.63) is 58.7 Å². The van der Waals surface area contributed by atoms with Crippen LogP contribution in [0.3, 0.4) is 0 Å². The summed E-state index contributed by atoms with van der Waals surface area (Å²) in [6, 6.07) is 10.8. The van der Waals surface area contributed by atoms with E-state index in [0.29, 0.717) is 11.7 Å². The maximum atomic E-state index is 14.4. The number of hydrogen-bond donors (Lipinski definition) is 4. The van der Waals surface area contributed by atoms with Gasteiger partial charge in [0.15, 0.2) is 15.7 Å². The summed E-state index contributed by atoms with van der Waals surface area (Å²) in [5, 5.41) is 18.9. The highest BCUT2D eigenvalue weighted by atomic mass is 35.5. The van der Waals surface area contributed by atoms with E-state index in [4.69, 9.17) is 16.3 Å². The monoisotopic (exact) mass is 645 g/mol. The molecule has 2 heterocycles. The second-order valence-electron chi connectivity index (χ2n) is 13.9. The molecule has 0 bridgehead atoms. The first-order valence-corrected chi connectivity index (χ1v) is 17.4. The Morgan fingerprint density at radius 2 is 1.69 bits per heavy atom. The van der Waals surface area contributed by atoms with Crippen molar-refractivity contribution in [1.82, 2.24) is 15.3 Å². The van der Waals surface area contributed by atoms with Gasteiger partial charge in [0.2, 0.25) is 5.95 Å². The molecule has 1 aromatic heterocycles. The van der Waals surface area contributed by atoms with Crippen LogP contribution in [0, 0.1) is 6.92 Å². The second kappa shape index (κ2) is 13.3. The molecule has 4 N–H and O–H groups in total. The Kier molecular flexibility index (Phi) is 10.4. The highest BCUT2D eigenvalue weighted by molar-refractivity contribution is 7.94. The predicted molar refractivity (Wildman–Crippen MR) is 201 cm³/mol. The molecule has 3 aromatic rings. The molecule has 1 fully saturated rings. The summed E-state index contributed by atoms with van der Waals surface area (Å²) >= 11 is 6.55. The smallest absolute Gasteiger partial charge is 0.229 e. The molecule has 1 atom stereocenters. The summed E-state index contributed by atoms with van der Waals surface area (Å²) in [6.07, 6.45) is 3.57. The van der Waals surface area contributed by atoms with Gasteiger partial charge in [-0.25, -0.2) is 13.4 Å². The van der Waals surface area contributed by atoms with E-state index in [9.17, 15) is 13.5 Å². The molecular formula is C28H42B6ClN5O4S. The van der Waals surface area contributed by atoms with Crippen LogP contribution < -0.4 is 20.7 Å². The molecule has 1 aliphatic rings. The Morgan fingerprint density at radius 1 is 1.04 bits per heavy atom. The van der Waals surface area contributed by atoms with E-state index in [-0.39, 0.29) is 33.5 Å². The lowest BCUT2D eigenvalue weighted by Crippen LogP contribution is -2.67. The Hall–Kier alpha value is -2.53. The van der Waals surface area contributed by atoms with Gasteiger partial charge in [-0.05, 0) is 88.0 Å². The molecular weight excluding hydrogens is 603 g/mol. The average Bonchev–Trinajstić information content (AvgIpc) is 2.95. The summed E-state index contributed by atoms with van der Waals surface area (Å²) in [7, 11) is 5.99. The maximum Gasteiger partial charge on any atom is 0.229 e. The van der Waals surface area contributed by atoms with Gasteiger partial charge in [-0.1, -0.05) is 28.8 Å². The lowest BCUT2D eigenvalue weighted by Gasteiger charge is -2.50. The Labute approximate surface area is 278 Å². The van der Waals surface area contributed by atoms with E-state index in [2.05, 4.69) is 45.0 Å². The van der Waals surface area contributed by atoms with Crippen LogP contribution in [0.1, 0.15) is 43.7 Å². The van der Waals surface area contributed by atoms with Gasteiger partial charge in [-0.15, -0.1) is 0 Å². The standard InChI is InChI=1S/C28H42B6ClN5O4S/c1-15(2)44-22-13-18(17-8-10-36-11-9-17)16(3)12-21(22)39-25-37-14-19(35)24(40-25)38-20-6-4-5-7-23(20)45(42,43)26(29,27(30,31)32)28(33,34)41/h4-7,12-15,17,36,41H,8-11,29-34H2,1-3H3,(H2,37,38,39,40). The number of nitrogens with one attached hydrogen (secondary N) is 3. The van der Waals surface area contributed by atoms with Gasteiger partial charge >= 0.3 is 0 Å². The third-order valence-corrected chi connectivity index (χ3v) is 12.5. The van der Waals surface area contributed by atoms with Crippen molar-refractivity contribution in [2.45, 2.75) is 65.7 Å². The SMILES string of the molecule is BC(B)(B)C(B)(C(B)(B)O)S(=O)(=O)c1ccccc1Nc1nc(Nc2cc(C)c(C3CCNCC3)cc2OC(C)C)ncc1Cl. The van der Waals surface area contributed by atoms with Crippen molar-refractivity contribution in [2.75, 3.05) is 23.7 Å². The number of aryl methyl sites for hydroxylation is 1. The number of anilines is 4. The number of sulfone groups is 1. The fourth-order valence-corrected chi connectivity index (χ4v) is 8.87. The fourth-order valence-electron chi connectivity index (χ4n) is 6.16. The third kappa shape index (κ3) is 7.24. The second-order valence-corrected chi connectivity index (χ2v) is 16.5. The first kappa shape index (κ1) is 35.3. The van der Waals surface area contributed by atoms with Crippen molar-refractivity contribution in [3.8, 4) is 5.75 Å². The largest absolute Gasteiger partial charge is 0.489 e. The summed E-state index contributed by atoms with van der Waals surface area (Å²) < 4.78 is 33.4. The minimum absolute atomic E-state index is 0.0329. The maximum absolute atomic E-state index is 14.4. The van der Waals surface area contributed by atoms with Crippen molar-refractivity contribution in [3.63, 3.8) is 0 Å². The first-order valence-electron chi connectivity index (χ1n) is 15.5. The van der Waals surface area contributed by atoms with Crippen molar-refractivity contribution in [2.24, 2.45) is 0 Å². The Morgan fingerprint density at radius 3 is 2.29 bits per heavy atom. The highest BCUT2D eigenvalue weighted by Gasteiger charge is 2.57. The minimum Gasteiger partial charge on any atom is -0.489 e. The van der Waals surface area contributed by atoms with Gasteiger partial charge in [0.1, 0.15) is 34.3 Å². The van der Waals surface area contributed by atoms with Crippen LogP contribution >= 0.6 is 11.6 Å². The molecule has 4 rings (SSSR count).